The molecule has 6 heteroatoms. The Morgan fingerprint density at radius 3 is 2.45 bits per heavy atom. The monoisotopic (exact) mass is 344 g/mol. The fourth-order valence-electron chi connectivity index (χ4n) is 1.64. The summed E-state index contributed by atoms with van der Waals surface area (Å²) in [7, 11) is 3.29. The van der Waals surface area contributed by atoms with Gasteiger partial charge in [0, 0.05) is 26.2 Å². The van der Waals surface area contributed by atoms with Gasteiger partial charge >= 0.3 is 0 Å². The number of likely N-dealkylation sites (N-methyl/N-ethyl adjacent to an activating group) is 1. The van der Waals surface area contributed by atoms with E-state index in [0.717, 1.165) is 6.42 Å². The Morgan fingerprint density at radius 1 is 1.30 bits per heavy atom. The van der Waals surface area contributed by atoms with Crippen LogP contribution < -0.4 is 0 Å². The Kier molecular flexibility index (Phi) is 6.13. The summed E-state index contributed by atoms with van der Waals surface area (Å²) in [6, 6.07) is 4.08. The maximum Gasteiger partial charge on any atom is 0.254 e. The van der Waals surface area contributed by atoms with Crippen molar-refractivity contribution in [2.24, 2.45) is 0 Å². The highest BCUT2D eigenvalue weighted by Gasteiger charge is 2.19. The first-order valence-electron chi connectivity index (χ1n) is 6.31. The molecule has 1 rings (SSSR count). The van der Waals surface area contributed by atoms with E-state index in [0.29, 0.717) is 12.1 Å². The molecule has 0 radical (unpaired) electrons. The lowest BCUT2D eigenvalue weighted by Gasteiger charge is -2.23. The zero-order valence-electron chi connectivity index (χ0n) is 11.8. The Labute approximate surface area is 126 Å². The number of rotatable bonds is 5. The van der Waals surface area contributed by atoms with Gasteiger partial charge in [-0.2, -0.15) is 0 Å². The number of nitrogens with zero attached hydrogens (tertiary/aromatic N) is 2. The van der Waals surface area contributed by atoms with Crippen molar-refractivity contribution in [1.82, 2.24) is 9.80 Å². The second-order valence-corrected chi connectivity index (χ2v) is 5.50. The van der Waals surface area contributed by atoms with Gasteiger partial charge in [-0.1, -0.05) is 6.92 Å². The van der Waals surface area contributed by atoms with Crippen molar-refractivity contribution >= 4 is 27.7 Å². The first kappa shape index (κ1) is 16.6. The molecule has 0 unspecified atom stereocenters. The second-order valence-electron chi connectivity index (χ2n) is 4.64. The number of carbonyl (C=O) groups excluding carboxylic acids is 2. The van der Waals surface area contributed by atoms with Crippen molar-refractivity contribution < 1.29 is 14.0 Å². The van der Waals surface area contributed by atoms with Gasteiger partial charge < -0.3 is 9.80 Å². The molecule has 0 saturated carbocycles. The summed E-state index contributed by atoms with van der Waals surface area (Å²) in [5.41, 5.74) is 0.360. The third-order valence-electron chi connectivity index (χ3n) is 2.77. The molecule has 0 spiro atoms. The summed E-state index contributed by atoms with van der Waals surface area (Å²) < 4.78 is 13.4. The molecule has 0 aliphatic rings. The van der Waals surface area contributed by atoms with E-state index in [1.165, 1.54) is 28.0 Å². The minimum absolute atomic E-state index is 0.0225. The first-order valence-corrected chi connectivity index (χ1v) is 7.10. The van der Waals surface area contributed by atoms with Gasteiger partial charge in [0.1, 0.15) is 12.4 Å². The Balaban J connectivity index is 2.92. The number of benzene rings is 1. The molecule has 0 bridgehead atoms. The highest BCUT2D eigenvalue weighted by Crippen LogP contribution is 2.18. The van der Waals surface area contributed by atoms with Gasteiger partial charge in [0.25, 0.3) is 5.91 Å². The van der Waals surface area contributed by atoms with Gasteiger partial charge in [0.05, 0.1) is 4.47 Å². The molecule has 0 aromatic heterocycles. The van der Waals surface area contributed by atoms with E-state index in [9.17, 15) is 14.0 Å². The lowest BCUT2D eigenvalue weighted by atomic mass is 10.2. The van der Waals surface area contributed by atoms with E-state index in [2.05, 4.69) is 15.9 Å². The zero-order valence-corrected chi connectivity index (χ0v) is 13.4. The smallest absolute Gasteiger partial charge is 0.254 e. The van der Waals surface area contributed by atoms with Gasteiger partial charge in [-0.3, -0.25) is 9.59 Å². The molecule has 0 saturated heterocycles. The molecule has 1 aromatic carbocycles. The van der Waals surface area contributed by atoms with E-state index in [1.807, 2.05) is 6.92 Å². The topological polar surface area (TPSA) is 40.6 Å². The number of halogens is 2. The van der Waals surface area contributed by atoms with Crippen LogP contribution in [0.3, 0.4) is 0 Å². The fraction of sp³-hybridized carbons (Fsp3) is 0.429. The fourth-order valence-corrected chi connectivity index (χ4v) is 2.02. The van der Waals surface area contributed by atoms with E-state index in [1.54, 1.807) is 14.1 Å². The van der Waals surface area contributed by atoms with Gasteiger partial charge in [0.2, 0.25) is 5.91 Å². The van der Waals surface area contributed by atoms with Gasteiger partial charge in [-0.05, 0) is 40.5 Å². The first-order chi connectivity index (χ1) is 9.36. The molecule has 0 atom stereocenters. The van der Waals surface area contributed by atoms with Crippen molar-refractivity contribution in [1.29, 1.82) is 0 Å². The van der Waals surface area contributed by atoms with E-state index in [-0.39, 0.29) is 22.8 Å². The maximum atomic E-state index is 13.2. The van der Waals surface area contributed by atoms with Crippen molar-refractivity contribution in [3.63, 3.8) is 0 Å². The van der Waals surface area contributed by atoms with Crippen LogP contribution in [0.5, 0.6) is 0 Å². The minimum Gasteiger partial charge on any atom is -0.347 e. The molecule has 0 fully saturated rings. The lowest BCUT2D eigenvalue weighted by molar-refractivity contribution is -0.129. The van der Waals surface area contributed by atoms with Crippen LogP contribution in [0.25, 0.3) is 0 Å². The molecule has 0 N–H and O–H groups in total. The Bertz CT molecular complexity index is 506. The summed E-state index contributed by atoms with van der Waals surface area (Å²) in [5.74, 6) is -0.844. The normalized spacial score (nSPS) is 10.2. The van der Waals surface area contributed by atoms with Crippen molar-refractivity contribution in [3.8, 4) is 0 Å². The average Bonchev–Trinajstić information content (AvgIpc) is 2.40. The third-order valence-corrected chi connectivity index (χ3v) is 3.38. The molecule has 0 aliphatic heterocycles. The number of amides is 2. The molecule has 1 aromatic rings. The SMILES string of the molecule is CCCN(CC(=O)N(C)C)C(=O)c1ccc(F)c(Br)c1. The van der Waals surface area contributed by atoms with Crippen molar-refractivity contribution in [2.75, 3.05) is 27.2 Å². The summed E-state index contributed by atoms with van der Waals surface area (Å²) in [6.45, 7) is 2.43. The standard InChI is InChI=1S/C14H18BrFN2O2/c1-4-7-18(9-13(19)17(2)3)14(20)10-5-6-12(16)11(15)8-10/h5-6,8H,4,7,9H2,1-3H3. The molecule has 20 heavy (non-hydrogen) atoms. The van der Waals surface area contributed by atoms with Crippen LogP contribution >= 0.6 is 15.9 Å². The highest BCUT2D eigenvalue weighted by atomic mass is 79.9. The second kappa shape index (κ2) is 7.38. The Hall–Kier alpha value is -1.43. The van der Waals surface area contributed by atoms with Gasteiger partial charge in [-0.15, -0.1) is 0 Å². The van der Waals surface area contributed by atoms with Crippen LogP contribution in [0.1, 0.15) is 23.7 Å². The molecule has 4 nitrogen and oxygen atoms in total. The molecule has 110 valence electrons. The summed E-state index contributed by atoms with van der Waals surface area (Å²) in [4.78, 5) is 27.0. The average molecular weight is 345 g/mol. The highest BCUT2D eigenvalue weighted by molar-refractivity contribution is 9.10. The van der Waals surface area contributed by atoms with Crippen LogP contribution in [-0.4, -0.2) is 48.8 Å². The van der Waals surface area contributed by atoms with Gasteiger partial charge in [-0.25, -0.2) is 4.39 Å². The molecule has 0 heterocycles. The number of carbonyl (C=O) groups is 2. The van der Waals surface area contributed by atoms with Gasteiger partial charge in [0.15, 0.2) is 0 Å². The quantitative estimate of drug-likeness (QED) is 0.823. The lowest BCUT2D eigenvalue weighted by Crippen LogP contribution is -2.40. The molecule has 2 amide bonds. The minimum atomic E-state index is -0.423. The van der Waals surface area contributed by atoms with Crippen LogP contribution in [0.2, 0.25) is 0 Å². The third kappa shape index (κ3) is 4.30. The van der Waals surface area contributed by atoms with E-state index < -0.39 is 5.82 Å². The Morgan fingerprint density at radius 2 is 1.95 bits per heavy atom. The van der Waals surface area contributed by atoms with Crippen LogP contribution in [0.4, 0.5) is 4.39 Å². The summed E-state index contributed by atoms with van der Waals surface area (Å²) in [5, 5.41) is 0. The summed E-state index contributed by atoms with van der Waals surface area (Å²) >= 11 is 3.06. The number of hydrogen-bond donors (Lipinski definition) is 0. The van der Waals surface area contributed by atoms with Crippen molar-refractivity contribution in [2.45, 2.75) is 13.3 Å². The predicted octanol–water partition coefficient (Wildman–Crippen LogP) is 2.53. The molecular weight excluding hydrogens is 327 g/mol. The predicted molar refractivity (Wildman–Crippen MR) is 79.0 cm³/mol. The summed E-state index contributed by atoms with van der Waals surface area (Å²) in [6.07, 6.45) is 0.745. The van der Waals surface area contributed by atoms with Crippen LogP contribution in [-0.2, 0) is 4.79 Å². The van der Waals surface area contributed by atoms with Crippen LogP contribution in [0.15, 0.2) is 22.7 Å². The maximum absolute atomic E-state index is 13.2. The number of hydrogen-bond acceptors (Lipinski definition) is 2. The largest absolute Gasteiger partial charge is 0.347 e. The van der Waals surface area contributed by atoms with Crippen molar-refractivity contribution in [3.05, 3.63) is 34.1 Å². The van der Waals surface area contributed by atoms with E-state index >= 15 is 0 Å². The molecular formula is C14H18BrFN2O2. The molecule has 0 aliphatic carbocycles. The van der Waals surface area contributed by atoms with Crippen LogP contribution in [0, 0.1) is 5.82 Å². The zero-order chi connectivity index (χ0) is 15.3. The van der Waals surface area contributed by atoms with E-state index in [4.69, 9.17) is 0 Å².